The van der Waals surface area contributed by atoms with Gasteiger partial charge in [0.05, 0.1) is 46.5 Å². The maximum Gasteiger partial charge on any atom is 0.201 e. The summed E-state index contributed by atoms with van der Waals surface area (Å²) < 4.78 is 11.2. The number of methoxy groups -OCH3 is 2. The summed E-state index contributed by atoms with van der Waals surface area (Å²) >= 11 is 13.5. The predicted molar refractivity (Wildman–Crippen MR) is 156 cm³/mol. The van der Waals surface area contributed by atoms with Crippen LogP contribution in [0.4, 0.5) is 0 Å². The highest BCUT2D eigenvalue weighted by molar-refractivity contribution is 6.35. The molecule has 2 aliphatic rings. The molecule has 4 aromatic carbocycles. The van der Waals surface area contributed by atoms with Gasteiger partial charge in [-0.25, -0.2) is 0 Å². The highest BCUT2D eigenvalue weighted by atomic mass is 35.5. The lowest BCUT2D eigenvalue weighted by Crippen LogP contribution is -2.30. The maximum atomic E-state index is 14.0. The fourth-order valence-corrected chi connectivity index (χ4v) is 7.01. The first-order chi connectivity index (χ1) is 19.9. The van der Waals surface area contributed by atoms with Crippen LogP contribution in [-0.4, -0.2) is 46.2 Å². The number of hydrogen-bond donors (Lipinski definition) is 4. The molecule has 0 radical (unpaired) electrons. The van der Waals surface area contributed by atoms with E-state index in [1.807, 2.05) is 13.8 Å². The van der Waals surface area contributed by atoms with Crippen LogP contribution >= 0.6 is 23.2 Å². The topological polar surface area (TPSA) is 134 Å². The van der Waals surface area contributed by atoms with E-state index in [0.717, 1.165) is 23.3 Å². The Morgan fingerprint density at radius 3 is 1.26 bits per heavy atom. The number of phenolic OH excluding ortho intramolecular Hbond substituents is 4. The van der Waals surface area contributed by atoms with Gasteiger partial charge in [-0.3, -0.25) is 9.59 Å². The highest BCUT2D eigenvalue weighted by Crippen LogP contribution is 2.60. The van der Waals surface area contributed by atoms with Gasteiger partial charge in [-0.05, 0) is 59.4 Å². The molecular weight excluding hydrogens is 583 g/mol. The van der Waals surface area contributed by atoms with E-state index in [2.05, 4.69) is 0 Å². The summed E-state index contributed by atoms with van der Waals surface area (Å²) in [7, 11) is 2.84. The van der Waals surface area contributed by atoms with Crippen LogP contribution in [0.5, 0.6) is 34.5 Å². The van der Waals surface area contributed by atoms with E-state index in [-0.39, 0.29) is 54.9 Å². The predicted octanol–water partition coefficient (Wildman–Crippen LogP) is 6.50. The Labute approximate surface area is 250 Å². The largest absolute Gasteiger partial charge is 0.507 e. The third-order valence-corrected chi connectivity index (χ3v) is 8.84. The van der Waals surface area contributed by atoms with E-state index < -0.39 is 46.4 Å². The number of carbonyl (C=O) groups is 2. The number of aromatic hydroxyl groups is 4. The minimum absolute atomic E-state index is 0.0925. The molecule has 0 aliphatic heterocycles. The lowest BCUT2D eigenvalue weighted by molar-refractivity contribution is 0.101. The first-order valence-corrected chi connectivity index (χ1v) is 13.6. The van der Waals surface area contributed by atoms with Gasteiger partial charge in [0.1, 0.15) is 34.5 Å². The van der Waals surface area contributed by atoms with E-state index >= 15 is 0 Å². The lowest BCUT2D eigenvalue weighted by atomic mass is 9.63. The zero-order chi connectivity index (χ0) is 30.4. The summed E-state index contributed by atoms with van der Waals surface area (Å²) in [6, 6.07) is 8.88. The number of benzene rings is 4. The number of aryl methyl sites for hydroxylation is 2. The number of ketones is 2. The second-order valence-corrected chi connectivity index (χ2v) is 11.3. The quantitative estimate of drug-likeness (QED) is 0.207. The fourth-order valence-electron chi connectivity index (χ4n) is 6.48. The van der Waals surface area contributed by atoms with Crippen molar-refractivity contribution < 1.29 is 39.5 Å². The monoisotopic (exact) mass is 606 g/mol. The Kier molecular flexibility index (Phi) is 6.33. The molecule has 0 spiro atoms. The van der Waals surface area contributed by atoms with Crippen LogP contribution in [0.15, 0.2) is 36.4 Å². The number of phenols is 4. The summed E-state index contributed by atoms with van der Waals surface area (Å²) in [5.41, 5.74) is 2.48. The second-order valence-electron chi connectivity index (χ2n) is 10.5. The fraction of sp³-hybridized carbons (Fsp3) is 0.188. The van der Waals surface area contributed by atoms with Crippen LogP contribution < -0.4 is 9.47 Å². The van der Waals surface area contributed by atoms with Gasteiger partial charge in [-0.2, -0.15) is 0 Å². The van der Waals surface area contributed by atoms with Gasteiger partial charge in [-0.15, -0.1) is 0 Å². The Balaban J connectivity index is 1.86. The minimum atomic E-state index is -0.984. The van der Waals surface area contributed by atoms with Gasteiger partial charge in [0.2, 0.25) is 11.6 Å². The minimum Gasteiger partial charge on any atom is -0.507 e. The number of carbonyl (C=O) groups excluding carboxylic acids is 2. The molecule has 0 saturated heterocycles. The van der Waals surface area contributed by atoms with Gasteiger partial charge < -0.3 is 29.9 Å². The average Bonchev–Trinajstić information content (AvgIpc) is 2.93. The molecule has 0 fully saturated rings. The Morgan fingerprint density at radius 1 is 0.571 bits per heavy atom. The van der Waals surface area contributed by atoms with Gasteiger partial charge in [0, 0.05) is 24.0 Å². The molecule has 0 heterocycles. The van der Waals surface area contributed by atoms with Gasteiger partial charge in [0.25, 0.3) is 0 Å². The highest BCUT2D eigenvalue weighted by Gasteiger charge is 2.48. The zero-order valence-corrected chi connectivity index (χ0v) is 24.3. The van der Waals surface area contributed by atoms with E-state index in [1.54, 1.807) is 24.3 Å². The Morgan fingerprint density at radius 2 is 0.929 bits per heavy atom. The van der Waals surface area contributed by atoms with Crippen LogP contribution in [-0.2, 0) is 0 Å². The van der Waals surface area contributed by atoms with Crippen molar-refractivity contribution in [3.8, 4) is 34.5 Å². The molecule has 8 nitrogen and oxygen atoms in total. The Hall–Kier alpha value is -4.40. The first kappa shape index (κ1) is 27.8. The third-order valence-electron chi connectivity index (χ3n) is 8.05. The normalized spacial score (nSPS) is 16.8. The smallest absolute Gasteiger partial charge is 0.201 e. The van der Waals surface area contributed by atoms with Crippen molar-refractivity contribution in [2.75, 3.05) is 14.2 Å². The number of fused-ring (bicyclic) bond motifs is 4. The molecule has 0 unspecified atom stereocenters. The molecule has 0 bridgehead atoms. The molecule has 10 heteroatoms. The molecule has 0 saturated carbocycles. The van der Waals surface area contributed by atoms with Gasteiger partial charge in [-0.1, -0.05) is 35.3 Å². The van der Waals surface area contributed by atoms with E-state index in [0.29, 0.717) is 11.1 Å². The third kappa shape index (κ3) is 3.68. The Bertz CT molecular complexity index is 1760. The summed E-state index contributed by atoms with van der Waals surface area (Å²) in [5, 5.41) is 43.2. The van der Waals surface area contributed by atoms with E-state index in [4.69, 9.17) is 32.7 Å². The van der Waals surface area contributed by atoms with Crippen LogP contribution in [0.3, 0.4) is 0 Å². The maximum absolute atomic E-state index is 14.0. The van der Waals surface area contributed by atoms with Crippen molar-refractivity contribution >= 4 is 34.8 Å². The zero-order valence-electron chi connectivity index (χ0n) is 22.8. The molecule has 0 amide bonds. The number of halogens is 2. The first-order valence-electron chi connectivity index (χ1n) is 12.9. The average molecular weight is 607 g/mol. The van der Waals surface area contributed by atoms with Crippen LogP contribution in [0.25, 0.3) is 0 Å². The summed E-state index contributed by atoms with van der Waals surface area (Å²) in [5.74, 6) is -4.57. The molecule has 4 N–H and O–H groups in total. The van der Waals surface area contributed by atoms with Crippen molar-refractivity contribution in [1.29, 1.82) is 0 Å². The molecule has 0 aromatic heterocycles. The summed E-state index contributed by atoms with van der Waals surface area (Å²) in [6.45, 7) is 3.62. The SMILES string of the molecule is COc1cc(C)cc2c1C(=O)c1c(O)cc(O)c(Cl)c1[C@@H]2[C@H]1c2cc(C)cc(OC)c2C(=O)c2c(O)cc(O)c(Cl)c21. The van der Waals surface area contributed by atoms with Gasteiger partial charge in [0.15, 0.2) is 0 Å². The lowest BCUT2D eigenvalue weighted by Gasteiger charge is -2.39. The van der Waals surface area contributed by atoms with Crippen molar-refractivity contribution in [1.82, 2.24) is 0 Å². The number of rotatable bonds is 3. The molecule has 6 rings (SSSR count). The van der Waals surface area contributed by atoms with Crippen LogP contribution in [0.1, 0.15) is 77.1 Å². The van der Waals surface area contributed by atoms with E-state index in [9.17, 15) is 30.0 Å². The van der Waals surface area contributed by atoms with Gasteiger partial charge >= 0.3 is 0 Å². The standard InChI is InChI=1S/C32H24Cl2O8/c1-11-5-13-21(19(7-11)41-3)31(39)25-15(35)9-17(37)29(33)27(25)23(13)24-14-6-12(2)8-20(42-4)22(14)32(40)26-16(36)10-18(38)30(34)28(24)26/h5-10,23-24,35-38H,1-4H3/t23-,24+. The summed E-state index contributed by atoms with van der Waals surface area (Å²) in [4.78, 5) is 28.0. The molecule has 2 aliphatic carbocycles. The molecule has 2 atom stereocenters. The molecular formula is C32H24Cl2O8. The number of ether oxygens (including phenoxy) is 2. The van der Waals surface area contributed by atoms with E-state index in [1.165, 1.54) is 14.2 Å². The van der Waals surface area contributed by atoms with Crippen molar-refractivity contribution in [2.24, 2.45) is 0 Å². The number of hydrogen-bond acceptors (Lipinski definition) is 8. The van der Waals surface area contributed by atoms with Crippen molar-refractivity contribution in [3.63, 3.8) is 0 Å². The molecule has 42 heavy (non-hydrogen) atoms. The van der Waals surface area contributed by atoms with Crippen LogP contribution in [0.2, 0.25) is 10.0 Å². The van der Waals surface area contributed by atoms with Crippen molar-refractivity contribution in [3.05, 3.63) is 102 Å². The van der Waals surface area contributed by atoms with Crippen LogP contribution in [0, 0.1) is 13.8 Å². The second kappa shape index (κ2) is 9.58. The molecule has 214 valence electrons. The molecule has 4 aromatic rings. The van der Waals surface area contributed by atoms with Crippen molar-refractivity contribution in [2.45, 2.75) is 25.7 Å². The summed E-state index contributed by atoms with van der Waals surface area (Å²) in [6.07, 6.45) is 0.